The van der Waals surface area contributed by atoms with Gasteiger partial charge in [0, 0.05) is 15.2 Å². The molecule has 3 aliphatic rings. The van der Waals surface area contributed by atoms with Gasteiger partial charge in [0.1, 0.15) is 0 Å². The molecule has 0 N–H and O–H groups in total. The van der Waals surface area contributed by atoms with E-state index in [1.807, 2.05) is 11.8 Å². The van der Waals surface area contributed by atoms with Gasteiger partial charge >= 0.3 is 0 Å². The van der Waals surface area contributed by atoms with Gasteiger partial charge in [-0.2, -0.15) is 0 Å². The zero-order chi connectivity index (χ0) is 13.6. The van der Waals surface area contributed by atoms with Crippen molar-refractivity contribution in [3.05, 3.63) is 77.3 Å². The third-order valence-corrected chi connectivity index (χ3v) is 6.24. The second kappa shape index (κ2) is 4.53. The Bertz CT molecular complexity index is 662. The molecule has 0 spiro atoms. The van der Waals surface area contributed by atoms with E-state index in [0.717, 1.165) is 6.42 Å². The van der Waals surface area contributed by atoms with Crippen LogP contribution in [0.5, 0.6) is 0 Å². The number of hydrogen-bond donors (Lipinski definition) is 0. The fourth-order valence-corrected chi connectivity index (χ4v) is 5.16. The summed E-state index contributed by atoms with van der Waals surface area (Å²) >= 11 is 1.95. The van der Waals surface area contributed by atoms with Gasteiger partial charge in [-0.1, -0.05) is 79.4 Å². The lowest BCUT2D eigenvalue weighted by molar-refractivity contribution is 0.332. The first-order chi connectivity index (χ1) is 9.80. The van der Waals surface area contributed by atoms with Crippen LogP contribution in [-0.4, -0.2) is 0 Å². The highest BCUT2D eigenvalue weighted by molar-refractivity contribution is 8.03. The van der Waals surface area contributed by atoms with E-state index >= 15 is 0 Å². The van der Waals surface area contributed by atoms with Crippen LogP contribution in [0.4, 0.5) is 0 Å². The van der Waals surface area contributed by atoms with E-state index in [2.05, 4.69) is 73.7 Å². The van der Waals surface area contributed by atoms with Crippen LogP contribution in [0.3, 0.4) is 0 Å². The molecule has 0 saturated carbocycles. The second-order valence-corrected chi connectivity index (χ2v) is 7.04. The Morgan fingerprint density at radius 3 is 2.85 bits per heavy atom. The fourth-order valence-electron chi connectivity index (χ4n) is 3.78. The van der Waals surface area contributed by atoms with Gasteiger partial charge in [0.2, 0.25) is 0 Å². The predicted molar refractivity (Wildman–Crippen MR) is 86.8 cm³/mol. The van der Waals surface area contributed by atoms with Crippen LogP contribution < -0.4 is 0 Å². The lowest BCUT2D eigenvalue weighted by Gasteiger charge is -2.40. The van der Waals surface area contributed by atoms with Crippen LogP contribution in [0.1, 0.15) is 18.9 Å². The van der Waals surface area contributed by atoms with E-state index in [0.29, 0.717) is 11.8 Å². The van der Waals surface area contributed by atoms with Crippen LogP contribution in [0, 0.1) is 11.8 Å². The third-order valence-electron chi connectivity index (χ3n) is 4.89. The van der Waals surface area contributed by atoms with Gasteiger partial charge < -0.3 is 0 Å². The van der Waals surface area contributed by atoms with Crippen LogP contribution in [0.15, 0.2) is 76.6 Å². The molecule has 1 aliphatic heterocycles. The van der Waals surface area contributed by atoms with Crippen molar-refractivity contribution in [2.24, 2.45) is 11.8 Å². The summed E-state index contributed by atoms with van der Waals surface area (Å²) in [6.07, 6.45) is 17.2. The Hall–Kier alpha value is -1.47. The first-order valence-electron chi connectivity index (χ1n) is 7.30. The summed E-state index contributed by atoms with van der Waals surface area (Å²) in [4.78, 5) is 2.94. The number of fused-ring (bicyclic) bond motifs is 3. The molecule has 2 aliphatic carbocycles. The molecule has 1 heterocycles. The van der Waals surface area contributed by atoms with Gasteiger partial charge in [-0.25, -0.2) is 0 Å². The molecule has 4 rings (SSSR count). The number of thioether (sulfide) groups is 1. The number of hydrogen-bond acceptors (Lipinski definition) is 1. The van der Waals surface area contributed by atoms with E-state index < -0.39 is 0 Å². The lowest BCUT2D eigenvalue weighted by atomic mass is 9.63. The molecule has 0 radical (unpaired) electrons. The van der Waals surface area contributed by atoms with Gasteiger partial charge in [0.25, 0.3) is 0 Å². The number of allylic oxidation sites excluding steroid dienone is 8. The van der Waals surface area contributed by atoms with E-state index in [-0.39, 0.29) is 5.41 Å². The van der Waals surface area contributed by atoms with Crippen LogP contribution in [0.2, 0.25) is 0 Å². The molecule has 0 amide bonds. The zero-order valence-corrected chi connectivity index (χ0v) is 12.4. The van der Waals surface area contributed by atoms with Crippen molar-refractivity contribution in [1.82, 2.24) is 0 Å². The molecule has 3 unspecified atom stereocenters. The summed E-state index contributed by atoms with van der Waals surface area (Å²) in [6.45, 7) is 2.43. The summed E-state index contributed by atoms with van der Waals surface area (Å²) in [6, 6.07) is 8.91. The van der Waals surface area contributed by atoms with Crippen molar-refractivity contribution in [2.75, 3.05) is 0 Å². The van der Waals surface area contributed by atoms with E-state index in [1.54, 1.807) is 0 Å². The molecule has 0 bridgehead atoms. The maximum absolute atomic E-state index is 2.43. The van der Waals surface area contributed by atoms with Gasteiger partial charge in [-0.05, 0) is 29.9 Å². The third kappa shape index (κ3) is 1.63. The molecule has 1 aromatic rings. The maximum Gasteiger partial charge on any atom is 0.0317 e. The summed E-state index contributed by atoms with van der Waals surface area (Å²) in [5.74, 6) is 1.16. The Morgan fingerprint density at radius 1 is 1.10 bits per heavy atom. The van der Waals surface area contributed by atoms with Crippen molar-refractivity contribution in [3.8, 4) is 0 Å². The minimum atomic E-state index is 0.149. The van der Waals surface area contributed by atoms with E-state index in [1.165, 1.54) is 15.4 Å². The van der Waals surface area contributed by atoms with E-state index in [9.17, 15) is 0 Å². The predicted octanol–water partition coefficient (Wildman–Crippen LogP) is 5.25. The number of rotatable bonds is 1. The van der Waals surface area contributed by atoms with Gasteiger partial charge in [0.05, 0.1) is 0 Å². The summed E-state index contributed by atoms with van der Waals surface area (Å²) in [5.41, 5.74) is 1.66. The highest BCUT2D eigenvalue weighted by Gasteiger charge is 2.47. The molecular weight excluding hydrogens is 260 g/mol. The zero-order valence-electron chi connectivity index (χ0n) is 11.6. The maximum atomic E-state index is 2.43. The number of benzene rings is 1. The average Bonchev–Trinajstić information content (AvgIpc) is 2.81. The molecule has 1 aromatic carbocycles. The fraction of sp³-hybridized carbons (Fsp3) is 0.263. The average molecular weight is 278 g/mol. The van der Waals surface area contributed by atoms with E-state index in [4.69, 9.17) is 0 Å². The van der Waals surface area contributed by atoms with Crippen molar-refractivity contribution in [1.29, 1.82) is 0 Å². The highest BCUT2D eigenvalue weighted by atomic mass is 32.2. The molecule has 3 atom stereocenters. The molecule has 1 heteroatoms. The molecule has 0 saturated heterocycles. The minimum Gasteiger partial charge on any atom is -0.0933 e. The largest absolute Gasteiger partial charge is 0.0933 e. The highest BCUT2D eigenvalue weighted by Crippen LogP contribution is 2.59. The van der Waals surface area contributed by atoms with Crippen molar-refractivity contribution < 1.29 is 0 Å². The summed E-state index contributed by atoms with van der Waals surface area (Å²) < 4.78 is 0. The van der Waals surface area contributed by atoms with Gasteiger partial charge in [0.15, 0.2) is 0 Å². The Balaban J connectivity index is 1.82. The molecule has 0 aromatic heterocycles. The summed E-state index contributed by atoms with van der Waals surface area (Å²) in [5, 5.41) is 0. The Labute approximate surface area is 125 Å². The Morgan fingerprint density at radius 2 is 2.00 bits per heavy atom. The topological polar surface area (TPSA) is 0 Å². The smallest absolute Gasteiger partial charge is 0.0317 e. The van der Waals surface area contributed by atoms with Gasteiger partial charge in [-0.3, -0.25) is 0 Å². The second-order valence-electron chi connectivity index (χ2n) is 5.95. The molecule has 100 valence electrons. The van der Waals surface area contributed by atoms with Gasteiger partial charge in [-0.15, -0.1) is 0 Å². The molecular formula is C19H18S. The normalized spacial score (nSPS) is 33.8. The minimum absolute atomic E-state index is 0.149. The molecule has 0 fully saturated rings. The SMILES string of the molecule is CC12C(=CC=CC1C1C=CC=CC1)Sc1ccccc12. The molecule has 0 nitrogen and oxygen atoms in total. The first kappa shape index (κ1) is 12.3. The molecule has 20 heavy (non-hydrogen) atoms. The van der Waals surface area contributed by atoms with Crippen molar-refractivity contribution >= 4 is 11.8 Å². The quantitative estimate of drug-likeness (QED) is 0.676. The monoisotopic (exact) mass is 278 g/mol. The van der Waals surface area contributed by atoms with Crippen LogP contribution in [-0.2, 0) is 5.41 Å². The summed E-state index contributed by atoms with van der Waals surface area (Å²) in [7, 11) is 0. The Kier molecular flexibility index (Phi) is 2.78. The van der Waals surface area contributed by atoms with Crippen LogP contribution >= 0.6 is 11.8 Å². The standard InChI is InChI=1S/C19H18S/c1-19-15(14-8-3-2-4-9-14)11-7-13-18(19)20-17-12-6-5-10-16(17)19/h2-8,10-15H,9H2,1H3. The van der Waals surface area contributed by atoms with Crippen LogP contribution in [0.25, 0.3) is 0 Å². The first-order valence-corrected chi connectivity index (χ1v) is 8.11. The lowest BCUT2D eigenvalue weighted by Crippen LogP contribution is -2.36. The van der Waals surface area contributed by atoms with Crippen molar-refractivity contribution in [3.63, 3.8) is 0 Å². The van der Waals surface area contributed by atoms with Crippen molar-refractivity contribution in [2.45, 2.75) is 23.7 Å².